The average Bonchev–Trinajstić information content (AvgIpc) is 3.08. The van der Waals surface area contributed by atoms with Gasteiger partial charge >= 0.3 is 0 Å². The molecule has 1 aliphatic heterocycles. The summed E-state index contributed by atoms with van der Waals surface area (Å²) in [6, 6.07) is 16.8. The minimum Gasteiger partial charge on any atom is -0.490 e. The Kier molecular flexibility index (Phi) is 8.15. The van der Waals surface area contributed by atoms with Gasteiger partial charge in [0.1, 0.15) is 12.4 Å². The number of hydrogen-bond donors (Lipinski definition) is 0. The topological polar surface area (TPSA) is 55.8 Å². The molecule has 0 radical (unpaired) electrons. The van der Waals surface area contributed by atoms with E-state index < -0.39 is 0 Å². The number of halogens is 3. The van der Waals surface area contributed by atoms with Gasteiger partial charge in [0.05, 0.1) is 23.1 Å². The fraction of sp³-hybridized carbons (Fsp3) is 0.154. The van der Waals surface area contributed by atoms with Gasteiger partial charge in [-0.1, -0.05) is 51.8 Å². The zero-order valence-electron chi connectivity index (χ0n) is 18.6. The zero-order valence-corrected chi connectivity index (χ0v) is 21.8. The van der Waals surface area contributed by atoms with Crippen LogP contribution in [0.3, 0.4) is 0 Å². The van der Waals surface area contributed by atoms with E-state index in [1.54, 1.807) is 30.3 Å². The number of carbonyl (C=O) groups is 2. The van der Waals surface area contributed by atoms with E-state index in [0.29, 0.717) is 33.6 Å². The molecule has 0 unspecified atom stereocenters. The molecule has 35 heavy (non-hydrogen) atoms. The summed E-state index contributed by atoms with van der Waals surface area (Å²) in [6.45, 7) is 2.57. The van der Waals surface area contributed by atoms with Crippen LogP contribution in [-0.4, -0.2) is 22.7 Å². The van der Waals surface area contributed by atoms with Crippen LogP contribution in [0.25, 0.3) is 6.08 Å². The average molecular weight is 577 g/mol. The van der Waals surface area contributed by atoms with Crippen molar-refractivity contribution in [1.29, 1.82) is 0 Å². The summed E-state index contributed by atoms with van der Waals surface area (Å²) in [6.07, 6.45) is 1.62. The van der Waals surface area contributed by atoms with E-state index in [0.717, 1.165) is 27.4 Å². The molecule has 0 bridgehead atoms. The summed E-state index contributed by atoms with van der Waals surface area (Å²) in [5.41, 5.74) is 2.22. The zero-order chi connectivity index (χ0) is 24.9. The Morgan fingerprint density at radius 1 is 1.03 bits per heavy atom. The highest BCUT2D eigenvalue weighted by molar-refractivity contribution is 9.10. The molecule has 1 saturated heterocycles. The molecule has 180 valence electrons. The molecule has 3 aromatic rings. The first-order valence-electron chi connectivity index (χ1n) is 10.7. The summed E-state index contributed by atoms with van der Waals surface area (Å²) in [7, 11) is 0. The number of benzene rings is 3. The van der Waals surface area contributed by atoms with Crippen molar-refractivity contribution in [2.24, 2.45) is 0 Å². The molecule has 3 aromatic carbocycles. The number of nitrogens with zero attached hydrogens (tertiary/aromatic N) is 1. The van der Waals surface area contributed by atoms with E-state index in [9.17, 15) is 14.0 Å². The SMILES string of the molecule is CCOc1cc(/C=C2\SC(=O)N(Cc3ccc(Br)cc3)C2=O)cc(Cl)c1OCc1ccc(F)cc1. The van der Waals surface area contributed by atoms with Crippen LogP contribution in [0.2, 0.25) is 5.02 Å². The van der Waals surface area contributed by atoms with Gasteiger partial charge in [-0.15, -0.1) is 0 Å². The summed E-state index contributed by atoms with van der Waals surface area (Å²) in [4.78, 5) is 27.0. The van der Waals surface area contributed by atoms with E-state index in [4.69, 9.17) is 21.1 Å². The van der Waals surface area contributed by atoms with Gasteiger partial charge in [-0.25, -0.2) is 4.39 Å². The fourth-order valence-corrected chi connectivity index (χ4v) is 4.75. The summed E-state index contributed by atoms with van der Waals surface area (Å²) >= 11 is 10.8. The molecule has 1 aliphatic rings. The monoisotopic (exact) mass is 575 g/mol. The van der Waals surface area contributed by atoms with Crippen molar-refractivity contribution in [3.05, 3.63) is 97.6 Å². The molecule has 0 atom stereocenters. The van der Waals surface area contributed by atoms with Gasteiger partial charge in [0.2, 0.25) is 0 Å². The van der Waals surface area contributed by atoms with Gasteiger partial charge < -0.3 is 9.47 Å². The molecule has 0 aliphatic carbocycles. The smallest absolute Gasteiger partial charge is 0.293 e. The predicted molar refractivity (Wildman–Crippen MR) is 139 cm³/mol. The fourth-order valence-electron chi connectivity index (χ4n) is 3.37. The maximum atomic E-state index is 13.2. The third kappa shape index (κ3) is 6.25. The third-order valence-corrected chi connectivity index (χ3v) is 6.77. The Hall–Kier alpha value is -2.81. The molecule has 1 fully saturated rings. The molecule has 5 nitrogen and oxygen atoms in total. The number of thioether (sulfide) groups is 1. The second-order valence-corrected chi connectivity index (χ2v) is 9.89. The van der Waals surface area contributed by atoms with Crippen LogP contribution in [0.15, 0.2) is 70.0 Å². The summed E-state index contributed by atoms with van der Waals surface area (Å²) < 4.78 is 25.6. The van der Waals surface area contributed by atoms with Gasteiger partial charge in [-0.05, 0) is 77.9 Å². The molecule has 0 spiro atoms. The summed E-state index contributed by atoms with van der Waals surface area (Å²) in [5, 5.41) is -0.0436. The van der Waals surface area contributed by atoms with Crippen molar-refractivity contribution < 1.29 is 23.5 Å². The maximum absolute atomic E-state index is 13.2. The van der Waals surface area contributed by atoms with Crippen LogP contribution in [-0.2, 0) is 17.9 Å². The van der Waals surface area contributed by atoms with E-state index in [1.807, 2.05) is 31.2 Å². The van der Waals surface area contributed by atoms with Crippen LogP contribution in [0.4, 0.5) is 9.18 Å². The first-order valence-corrected chi connectivity index (χ1v) is 12.7. The number of hydrogen-bond acceptors (Lipinski definition) is 5. The highest BCUT2D eigenvalue weighted by atomic mass is 79.9. The van der Waals surface area contributed by atoms with Crippen molar-refractivity contribution in [2.45, 2.75) is 20.1 Å². The predicted octanol–water partition coefficient (Wildman–Crippen LogP) is 7.46. The lowest BCUT2D eigenvalue weighted by Gasteiger charge is -2.15. The molecule has 1 heterocycles. The third-order valence-electron chi connectivity index (χ3n) is 5.05. The van der Waals surface area contributed by atoms with Crippen molar-refractivity contribution >= 4 is 56.5 Å². The van der Waals surface area contributed by atoms with Crippen LogP contribution in [0.5, 0.6) is 11.5 Å². The minimum absolute atomic E-state index is 0.175. The molecule has 9 heteroatoms. The van der Waals surface area contributed by atoms with Gasteiger partial charge in [-0.2, -0.15) is 0 Å². The molecular formula is C26H20BrClFNO4S. The lowest BCUT2D eigenvalue weighted by atomic mass is 10.1. The number of carbonyl (C=O) groups excluding carboxylic acids is 2. The standard InChI is InChI=1S/C26H20BrClFNO4S/c1-2-33-22-12-18(11-21(28)24(22)34-15-17-5-9-20(29)10-6-17)13-23-25(31)30(26(32)35-23)14-16-3-7-19(27)8-4-16/h3-13H,2,14-15H2,1H3/b23-13-. The van der Waals surface area contributed by atoms with Gasteiger partial charge in [0.15, 0.2) is 11.5 Å². The molecule has 4 rings (SSSR count). The van der Waals surface area contributed by atoms with Gasteiger partial charge in [-0.3, -0.25) is 14.5 Å². The van der Waals surface area contributed by atoms with Crippen LogP contribution in [0, 0.1) is 5.82 Å². The largest absolute Gasteiger partial charge is 0.490 e. The molecule has 0 N–H and O–H groups in total. The Balaban J connectivity index is 1.54. The lowest BCUT2D eigenvalue weighted by Crippen LogP contribution is -2.27. The number of imide groups is 1. The van der Waals surface area contributed by atoms with Gasteiger partial charge in [0.25, 0.3) is 11.1 Å². The van der Waals surface area contributed by atoms with Crippen LogP contribution in [0.1, 0.15) is 23.6 Å². The Morgan fingerprint density at radius 3 is 2.40 bits per heavy atom. The number of rotatable bonds is 8. The molecule has 2 amide bonds. The maximum Gasteiger partial charge on any atom is 0.293 e. The van der Waals surface area contributed by atoms with E-state index >= 15 is 0 Å². The summed E-state index contributed by atoms with van der Waals surface area (Å²) in [5.74, 6) is 0.0572. The molecule has 0 saturated carbocycles. The number of amides is 2. The number of ether oxygens (including phenoxy) is 2. The second kappa shape index (κ2) is 11.3. The highest BCUT2D eigenvalue weighted by Gasteiger charge is 2.35. The van der Waals surface area contributed by atoms with Crippen LogP contribution < -0.4 is 9.47 Å². The first kappa shape index (κ1) is 25.3. The Bertz CT molecular complexity index is 1280. The van der Waals surface area contributed by atoms with E-state index in [-0.39, 0.29) is 30.1 Å². The Morgan fingerprint density at radius 2 is 1.71 bits per heavy atom. The normalized spacial score (nSPS) is 14.6. The molecule has 0 aromatic heterocycles. The van der Waals surface area contributed by atoms with Crippen molar-refractivity contribution in [1.82, 2.24) is 4.90 Å². The first-order chi connectivity index (χ1) is 16.8. The highest BCUT2D eigenvalue weighted by Crippen LogP contribution is 2.40. The van der Waals surface area contributed by atoms with Crippen LogP contribution >= 0.6 is 39.3 Å². The molecular weight excluding hydrogens is 557 g/mol. The van der Waals surface area contributed by atoms with Crippen molar-refractivity contribution in [3.63, 3.8) is 0 Å². The Labute approximate surface area is 220 Å². The second-order valence-electron chi connectivity index (χ2n) is 7.57. The van der Waals surface area contributed by atoms with Crippen molar-refractivity contribution in [3.8, 4) is 11.5 Å². The van der Waals surface area contributed by atoms with E-state index in [2.05, 4.69) is 15.9 Å². The lowest BCUT2D eigenvalue weighted by molar-refractivity contribution is -0.123. The van der Waals surface area contributed by atoms with Gasteiger partial charge in [0, 0.05) is 4.47 Å². The van der Waals surface area contributed by atoms with E-state index in [1.165, 1.54) is 17.0 Å². The quantitative estimate of drug-likeness (QED) is 0.261. The van der Waals surface area contributed by atoms with Crippen molar-refractivity contribution in [2.75, 3.05) is 6.61 Å². The minimum atomic E-state index is -0.367.